The number of rotatable bonds is 4. The van der Waals surface area contributed by atoms with Crippen LogP contribution in [0.15, 0.2) is 10.6 Å². The molecule has 0 atom stereocenters. The van der Waals surface area contributed by atoms with E-state index >= 15 is 0 Å². The van der Waals surface area contributed by atoms with Crippen LogP contribution in [-0.2, 0) is 17.8 Å². The van der Waals surface area contributed by atoms with Gasteiger partial charge in [0.1, 0.15) is 12.4 Å². The molecule has 1 saturated heterocycles. The van der Waals surface area contributed by atoms with E-state index in [1.807, 2.05) is 6.92 Å². The minimum Gasteiger partial charge on any atom is -0.443 e. The van der Waals surface area contributed by atoms with Gasteiger partial charge < -0.3 is 14.5 Å². The molecule has 1 aliphatic rings. The first-order valence-electron chi connectivity index (χ1n) is 4.64. The zero-order valence-electron chi connectivity index (χ0n) is 7.75. The van der Waals surface area contributed by atoms with Crippen LogP contribution in [0, 0.1) is 0 Å². The fraction of sp³-hybridized carbons (Fsp3) is 0.667. The van der Waals surface area contributed by atoms with Gasteiger partial charge in [0.25, 0.3) is 0 Å². The van der Waals surface area contributed by atoms with Gasteiger partial charge in [-0.2, -0.15) is 0 Å². The first-order valence-corrected chi connectivity index (χ1v) is 4.64. The van der Waals surface area contributed by atoms with Gasteiger partial charge in [0, 0.05) is 19.5 Å². The fourth-order valence-corrected chi connectivity index (χ4v) is 1.15. The summed E-state index contributed by atoms with van der Waals surface area (Å²) in [5, 5.41) is 3.14. The molecular weight excluding hydrogens is 168 g/mol. The molecule has 1 N–H and O–H groups in total. The largest absolute Gasteiger partial charge is 0.443 e. The van der Waals surface area contributed by atoms with Crippen LogP contribution in [0.25, 0.3) is 0 Å². The van der Waals surface area contributed by atoms with Crippen molar-refractivity contribution >= 4 is 0 Å². The van der Waals surface area contributed by atoms with Crippen LogP contribution in [0.1, 0.15) is 18.6 Å². The van der Waals surface area contributed by atoms with Crippen LogP contribution in [0.3, 0.4) is 0 Å². The Kier molecular flexibility index (Phi) is 2.61. The van der Waals surface area contributed by atoms with E-state index in [1.54, 1.807) is 6.20 Å². The third kappa shape index (κ3) is 2.08. The number of hydrogen-bond donors (Lipinski definition) is 1. The minimum atomic E-state index is 0.344. The van der Waals surface area contributed by atoms with Crippen molar-refractivity contribution in [2.75, 3.05) is 13.1 Å². The Morgan fingerprint density at radius 1 is 1.69 bits per heavy atom. The molecule has 0 spiro atoms. The van der Waals surface area contributed by atoms with Crippen LogP contribution in [0.5, 0.6) is 0 Å². The number of nitrogens with one attached hydrogen (secondary N) is 1. The van der Waals surface area contributed by atoms with E-state index in [2.05, 4.69) is 10.3 Å². The van der Waals surface area contributed by atoms with E-state index in [0.717, 1.165) is 25.3 Å². The molecule has 1 fully saturated rings. The van der Waals surface area contributed by atoms with Gasteiger partial charge in [0.2, 0.25) is 5.89 Å². The normalized spacial score (nSPS) is 17.3. The maximum Gasteiger partial charge on any atom is 0.220 e. The van der Waals surface area contributed by atoms with Crippen molar-refractivity contribution in [3.63, 3.8) is 0 Å². The maximum absolute atomic E-state index is 5.50. The number of aryl methyl sites for hydroxylation is 1. The minimum absolute atomic E-state index is 0.344. The molecule has 72 valence electrons. The molecule has 0 unspecified atom stereocenters. The van der Waals surface area contributed by atoms with Crippen LogP contribution in [-0.4, -0.2) is 24.2 Å². The van der Waals surface area contributed by atoms with E-state index in [-0.39, 0.29) is 0 Å². The van der Waals surface area contributed by atoms with Crippen molar-refractivity contribution in [1.82, 2.24) is 10.3 Å². The molecule has 4 nitrogen and oxygen atoms in total. The van der Waals surface area contributed by atoms with E-state index in [0.29, 0.717) is 18.6 Å². The highest BCUT2D eigenvalue weighted by Gasteiger charge is 2.17. The Bertz CT molecular complexity index is 268. The number of nitrogens with zero attached hydrogens (tertiary/aromatic N) is 1. The Morgan fingerprint density at radius 3 is 3.08 bits per heavy atom. The Morgan fingerprint density at radius 2 is 2.54 bits per heavy atom. The second-order valence-electron chi connectivity index (χ2n) is 3.17. The van der Waals surface area contributed by atoms with Crippen LogP contribution in [0.4, 0.5) is 0 Å². The van der Waals surface area contributed by atoms with Crippen molar-refractivity contribution in [1.29, 1.82) is 0 Å². The summed E-state index contributed by atoms with van der Waals surface area (Å²) in [5.74, 6) is 1.61. The van der Waals surface area contributed by atoms with E-state index < -0.39 is 0 Å². The fourth-order valence-electron chi connectivity index (χ4n) is 1.15. The van der Waals surface area contributed by atoms with Crippen molar-refractivity contribution in [3.8, 4) is 0 Å². The van der Waals surface area contributed by atoms with E-state index in [9.17, 15) is 0 Å². The average Bonchev–Trinajstić information content (AvgIpc) is 2.49. The molecule has 4 heteroatoms. The summed E-state index contributed by atoms with van der Waals surface area (Å²) >= 11 is 0. The van der Waals surface area contributed by atoms with Crippen LogP contribution >= 0.6 is 0 Å². The molecule has 0 amide bonds. The quantitative estimate of drug-likeness (QED) is 0.745. The summed E-state index contributed by atoms with van der Waals surface area (Å²) in [4.78, 5) is 4.11. The summed E-state index contributed by atoms with van der Waals surface area (Å²) < 4.78 is 10.9. The van der Waals surface area contributed by atoms with Gasteiger partial charge in [0.15, 0.2) is 0 Å². The highest BCUT2D eigenvalue weighted by Crippen LogP contribution is 2.08. The summed E-state index contributed by atoms with van der Waals surface area (Å²) in [6.07, 6.45) is 2.99. The summed E-state index contributed by atoms with van der Waals surface area (Å²) in [6.45, 7) is 4.43. The van der Waals surface area contributed by atoms with Crippen molar-refractivity contribution in [3.05, 3.63) is 17.8 Å². The lowest BCUT2D eigenvalue weighted by Crippen LogP contribution is -2.48. The monoisotopic (exact) mass is 182 g/mol. The molecule has 0 aromatic carbocycles. The molecule has 0 radical (unpaired) electrons. The third-order valence-electron chi connectivity index (χ3n) is 2.14. The van der Waals surface area contributed by atoms with Gasteiger partial charge in [0.05, 0.1) is 12.3 Å². The molecule has 1 aromatic heterocycles. The van der Waals surface area contributed by atoms with Gasteiger partial charge >= 0.3 is 0 Å². The highest BCUT2D eigenvalue weighted by atomic mass is 16.5. The summed E-state index contributed by atoms with van der Waals surface area (Å²) in [5.41, 5.74) is 0. The second kappa shape index (κ2) is 3.89. The second-order valence-corrected chi connectivity index (χ2v) is 3.17. The molecule has 1 aromatic rings. The van der Waals surface area contributed by atoms with Crippen molar-refractivity contribution < 1.29 is 9.15 Å². The number of hydrogen-bond acceptors (Lipinski definition) is 4. The molecule has 0 aliphatic carbocycles. The number of aromatic nitrogens is 1. The number of oxazole rings is 1. The first kappa shape index (κ1) is 8.72. The predicted molar refractivity (Wildman–Crippen MR) is 47.3 cm³/mol. The molecule has 0 saturated carbocycles. The van der Waals surface area contributed by atoms with E-state index in [1.165, 1.54) is 0 Å². The zero-order chi connectivity index (χ0) is 9.10. The SMILES string of the molecule is CCc1cnc(COC2CNC2)o1. The number of ether oxygens (including phenoxy) is 1. The van der Waals surface area contributed by atoms with Crippen LogP contribution < -0.4 is 5.32 Å². The zero-order valence-corrected chi connectivity index (χ0v) is 7.75. The average molecular weight is 182 g/mol. The lowest BCUT2D eigenvalue weighted by atomic mass is 10.2. The summed E-state index contributed by atoms with van der Waals surface area (Å²) in [6, 6.07) is 0. The molecular formula is C9H14N2O2. The van der Waals surface area contributed by atoms with Gasteiger partial charge in [-0.25, -0.2) is 4.98 Å². The first-order chi connectivity index (χ1) is 6.38. The molecule has 2 heterocycles. The van der Waals surface area contributed by atoms with Gasteiger partial charge in [-0.05, 0) is 0 Å². The standard InChI is InChI=1S/C9H14N2O2/c1-2-7-5-11-9(13-7)6-12-8-3-10-4-8/h5,8,10H,2-4,6H2,1H3. The predicted octanol–water partition coefficient (Wildman–Crippen LogP) is 0.725. The van der Waals surface area contributed by atoms with Crippen LogP contribution in [0.2, 0.25) is 0 Å². The lowest BCUT2D eigenvalue weighted by Gasteiger charge is -2.26. The smallest absolute Gasteiger partial charge is 0.220 e. The molecule has 2 rings (SSSR count). The van der Waals surface area contributed by atoms with Gasteiger partial charge in [-0.3, -0.25) is 0 Å². The molecule has 13 heavy (non-hydrogen) atoms. The lowest BCUT2D eigenvalue weighted by molar-refractivity contribution is -0.00239. The Labute approximate surface area is 77.3 Å². The highest BCUT2D eigenvalue weighted by molar-refractivity contribution is 4.92. The Hall–Kier alpha value is -0.870. The van der Waals surface area contributed by atoms with Crippen molar-refractivity contribution in [2.45, 2.75) is 26.1 Å². The van der Waals surface area contributed by atoms with Gasteiger partial charge in [-0.15, -0.1) is 0 Å². The van der Waals surface area contributed by atoms with Gasteiger partial charge in [-0.1, -0.05) is 6.92 Å². The van der Waals surface area contributed by atoms with E-state index in [4.69, 9.17) is 9.15 Å². The molecule has 1 aliphatic heterocycles. The van der Waals surface area contributed by atoms with Crippen molar-refractivity contribution in [2.24, 2.45) is 0 Å². The Balaban J connectivity index is 1.79. The maximum atomic E-state index is 5.50. The molecule has 0 bridgehead atoms. The third-order valence-corrected chi connectivity index (χ3v) is 2.14. The summed E-state index contributed by atoms with van der Waals surface area (Å²) in [7, 11) is 0. The topological polar surface area (TPSA) is 47.3 Å².